The highest BCUT2D eigenvalue weighted by Gasteiger charge is 1.94. The lowest BCUT2D eigenvalue weighted by molar-refractivity contribution is 0.858. The van der Waals surface area contributed by atoms with E-state index in [4.69, 9.17) is 0 Å². The molecule has 0 bridgehead atoms. The van der Waals surface area contributed by atoms with Gasteiger partial charge in [-0.25, -0.2) is 0 Å². The molecule has 2 aromatic heterocycles. The summed E-state index contributed by atoms with van der Waals surface area (Å²) in [4.78, 5) is 7.93. The van der Waals surface area contributed by atoms with Crippen LogP contribution in [-0.4, -0.2) is 9.97 Å². The van der Waals surface area contributed by atoms with Gasteiger partial charge in [-0.3, -0.25) is 9.97 Å². The zero-order valence-electron chi connectivity index (χ0n) is 11.7. The zero-order valence-corrected chi connectivity index (χ0v) is 11.7. The lowest BCUT2D eigenvalue weighted by atomic mass is 10.1. The summed E-state index contributed by atoms with van der Waals surface area (Å²) in [5.74, 6) is 1.21. The number of hydrogen-bond acceptors (Lipinski definition) is 2. The van der Waals surface area contributed by atoms with Crippen molar-refractivity contribution in [1.82, 2.24) is 9.97 Å². The minimum atomic E-state index is 0. The van der Waals surface area contributed by atoms with E-state index in [1.54, 1.807) is 6.20 Å². The molecule has 0 unspecified atom stereocenters. The standard InChI is InChI=1S/2C8H11N.2CH4/c1-7(2)8-3-5-9-6-4-8;1-7(2)8-4-3-5-9-6-8;;/h2*3-7H,1-2H3;2*1H4. The predicted octanol–water partition coefficient (Wildman–Crippen LogP) is 5.68. The van der Waals surface area contributed by atoms with Crippen molar-refractivity contribution in [2.75, 3.05) is 0 Å². The van der Waals surface area contributed by atoms with Crippen molar-refractivity contribution in [3.8, 4) is 0 Å². The lowest BCUT2D eigenvalue weighted by Gasteiger charge is -2.01. The second-order valence-corrected chi connectivity index (χ2v) is 4.88. The van der Waals surface area contributed by atoms with Crippen LogP contribution in [0, 0.1) is 0 Å². The Bertz CT molecular complexity index is 378. The minimum Gasteiger partial charge on any atom is -0.265 e. The van der Waals surface area contributed by atoms with Gasteiger partial charge in [-0.1, -0.05) is 48.6 Å². The molecule has 0 radical (unpaired) electrons. The summed E-state index contributed by atoms with van der Waals surface area (Å²) in [5.41, 5.74) is 2.66. The topological polar surface area (TPSA) is 25.8 Å². The quantitative estimate of drug-likeness (QED) is 0.703. The van der Waals surface area contributed by atoms with Crippen LogP contribution in [-0.2, 0) is 0 Å². The smallest absolute Gasteiger partial charge is 0.0302 e. The second-order valence-electron chi connectivity index (χ2n) is 4.88. The van der Waals surface area contributed by atoms with Crippen LogP contribution in [0.5, 0.6) is 0 Å². The Labute approximate surface area is 125 Å². The molecule has 2 heteroatoms. The maximum absolute atomic E-state index is 4.01. The number of rotatable bonds is 2. The number of aromatic nitrogens is 2. The molecule has 2 aromatic rings. The van der Waals surface area contributed by atoms with Gasteiger partial charge >= 0.3 is 0 Å². The zero-order chi connectivity index (χ0) is 13.4. The van der Waals surface area contributed by atoms with Crippen LogP contribution in [0.1, 0.15) is 65.5 Å². The van der Waals surface area contributed by atoms with Gasteiger partial charge in [-0.15, -0.1) is 0 Å². The van der Waals surface area contributed by atoms with Gasteiger partial charge in [-0.05, 0) is 41.2 Å². The summed E-state index contributed by atoms with van der Waals surface area (Å²) in [6.07, 6.45) is 7.36. The van der Waals surface area contributed by atoms with Crippen molar-refractivity contribution >= 4 is 0 Å². The first kappa shape index (κ1) is 20.6. The summed E-state index contributed by atoms with van der Waals surface area (Å²) >= 11 is 0. The highest BCUT2D eigenvalue weighted by atomic mass is 14.6. The number of hydrogen-bond donors (Lipinski definition) is 0. The van der Waals surface area contributed by atoms with Gasteiger partial charge in [0.05, 0.1) is 0 Å². The Morgan fingerprint density at radius 1 is 0.700 bits per heavy atom. The normalized spacial score (nSPS) is 9.10. The van der Waals surface area contributed by atoms with Gasteiger partial charge in [0, 0.05) is 24.8 Å². The minimum absolute atomic E-state index is 0. The molecule has 0 saturated carbocycles. The fourth-order valence-electron chi connectivity index (χ4n) is 1.47. The molecule has 0 fully saturated rings. The maximum Gasteiger partial charge on any atom is 0.0302 e. The predicted molar refractivity (Wildman–Crippen MR) is 90.1 cm³/mol. The molecule has 20 heavy (non-hydrogen) atoms. The van der Waals surface area contributed by atoms with Crippen LogP contribution in [0.3, 0.4) is 0 Å². The number of pyridine rings is 2. The average Bonchev–Trinajstić information content (AvgIpc) is 2.41. The molecule has 2 nitrogen and oxygen atoms in total. The Kier molecular flexibility index (Phi) is 11.5. The van der Waals surface area contributed by atoms with Crippen molar-refractivity contribution in [2.24, 2.45) is 0 Å². The first-order valence-electron chi connectivity index (χ1n) is 6.41. The van der Waals surface area contributed by atoms with E-state index in [1.165, 1.54) is 11.1 Å². The van der Waals surface area contributed by atoms with E-state index >= 15 is 0 Å². The van der Waals surface area contributed by atoms with Crippen molar-refractivity contribution in [3.63, 3.8) is 0 Å². The van der Waals surface area contributed by atoms with Gasteiger partial charge in [0.2, 0.25) is 0 Å². The van der Waals surface area contributed by atoms with E-state index in [0.717, 1.165) is 0 Å². The molecule has 0 N–H and O–H groups in total. The highest BCUT2D eigenvalue weighted by molar-refractivity contribution is 5.13. The molecule has 2 heterocycles. The average molecular weight is 274 g/mol. The van der Waals surface area contributed by atoms with Gasteiger partial charge in [0.15, 0.2) is 0 Å². The SMILES string of the molecule is C.C.CC(C)c1cccnc1.CC(C)c1ccncc1. The molecular formula is C18H30N2. The van der Waals surface area contributed by atoms with Gasteiger partial charge < -0.3 is 0 Å². The molecule has 0 aliphatic rings. The maximum atomic E-state index is 4.01. The third kappa shape index (κ3) is 7.67. The van der Waals surface area contributed by atoms with Crippen LogP contribution in [0.25, 0.3) is 0 Å². The van der Waals surface area contributed by atoms with Gasteiger partial charge in [-0.2, -0.15) is 0 Å². The van der Waals surface area contributed by atoms with E-state index in [-0.39, 0.29) is 14.9 Å². The summed E-state index contributed by atoms with van der Waals surface area (Å²) in [6.45, 7) is 8.68. The highest BCUT2D eigenvalue weighted by Crippen LogP contribution is 2.11. The fourth-order valence-corrected chi connectivity index (χ4v) is 1.47. The third-order valence-electron chi connectivity index (χ3n) is 2.72. The van der Waals surface area contributed by atoms with Gasteiger partial charge in [0.25, 0.3) is 0 Å². The van der Waals surface area contributed by atoms with Crippen LogP contribution < -0.4 is 0 Å². The lowest BCUT2D eigenvalue weighted by Crippen LogP contribution is -1.85. The molecule has 112 valence electrons. The fraction of sp³-hybridized carbons (Fsp3) is 0.444. The summed E-state index contributed by atoms with van der Waals surface area (Å²) in [7, 11) is 0. The van der Waals surface area contributed by atoms with Crippen molar-refractivity contribution in [1.29, 1.82) is 0 Å². The Morgan fingerprint density at radius 3 is 1.55 bits per heavy atom. The van der Waals surface area contributed by atoms with Gasteiger partial charge in [0.1, 0.15) is 0 Å². The molecule has 0 spiro atoms. The van der Waals surface area contributed by atoms with Crippen molar-refractivity contribution in [2.45, 2.75) is 54.4 Å². The Morgan fingerprint density at radius 2 is 1.25 bits per heavy atom. The first-order chi connectivity index (χ1) is 8.61. The van der Waals surface area contributed by atoms with Crippen molar-refractivity contribution < 1.29 is 0 Å². The summed E-state index contributed by atoms with van der Waals surface area (Å²) in [6, 6.07) is 8.16. The van der Waals surface area contributed by atoms with E-state index in [0.29, 0.717) is 11.8 Å². The van der Waals surface area contributed by atoms with E-state index in [9.17, 15) is 0 Å². The molecule has 0 aromatic carbocycles. The monoisotopic (exact) mass is 274 g/mol. The molecule has 0 aliphatic heterocycles. The summed E-state index contributed by atoms with van der Waals surface area (Å²) in [5, 5.41) is 0. The van der Waals surface area contributed by atoms with E-state index in [1.807, 2.05) is 36.8 Å². The number of nitrogens with zero attached hydrogens (tertiary/aromatic N) is 2. The molecule has 2 rings (SSSR count). The third-order valence-corrected chi connectivity index (χ3v) is 2.72. The summed E-state index contributed by atoms with van der Waals surface area (Å²) < 4.78 is 0. The van der Waals surface area contributed by atoms with Crippen LogP contribution in [0.15, 0.2) is 49.1 Å². The van der Waals surface area contributed by atoms with Crippen LogP contribution in [0.2, 0.25) is 0 Å². The van der Waals surface area contributed by atoms with E-state index in [2.05, 4.69) is 43.7 Å². The second kappa shape index (κ2) is 11.2. The van der Waals surface area contributed by atoms with Crippen LogP contribution >= 0.6 is 0 Å². The molecular weight excluding hydrogens is 244 g/mol. The first-order valence-corrected chi connectivity index (χ1v) is 6.41. The van der Waals surface area contributed by atoms with E-state index < -0.39 is 0 Å². The molecule has 0 amide bonds. The Balaban J connectivity index is 0. The molecule has 0 aliphatic carbocycles. The Hall–Kier alpha value is -1.70. The van der Waals surface area contributed by atoms with Crippen molar-refractivity contribution in [3.05, 3.63) is 60.2 Å². The largest absolute Gasteiger partial charge is 0.265 e. The molecule has 0 atom stereocenters. The molecule has 0 saturated heterocycles. The van der Waals surface area contributed by atoms with Crippen LogP contribution in [0.4, 0.5) is 0 Å².